The largest absolute Gasteiger partial charge is 0.481 e. The summed E-state index contributed by atoms with van der Waals surface area (Å²) in [7, 11) is 0. The molecule has 1 aliphatic rings. The standard InChI is InChI=1S/C13H25NO2/c15-13(16)9-7-5-3-1-2-4-6-8-12-10-14-11-12/h12,14H,1-11H2,(H,15,16). The van der Waals surface area contributed by atoms with Crippen LogP contribution in [0.3, 0.4) is 0 Å². The van der Waals surface area contributed by atoms with E-state index in [2.05, 4.69) is 5.32 Å². The van der Waals surface area contributed by atoms with E-state index in [9.17, 15) is 4.79 Å². The number of aliphatic carboxylic acids is 1. The van der Waals surface area contributed by atoms with Crippen molar-refractivity contribution >= 4 is 5.97 Å². The second-order valence-corrected chi connectivity index (χ2v) is 4.93. The lowest BCUT2D eigenvalue weighted by Gasteiger charge is -2.26. The molecule has 16 heavy (non-hydrogen) atoms. The van der Waals surface area contributed by atoms with Crippen molar-refractivity contribution in [1.29, 1.82) is 0 Å². The zero-order valence-corrected chi connectivity index (χ0v) is 10.2. The van der Waals surface area contributed by atoms with Crippen LogP contribution < -0.4 is 5.32 Å². The number of rotatable bonds is 10. The van der Waals surface area contributed by atoms with Gasteiger partial charge in [-0.05, 0) is 31.8 Å². The quantitative estimate of drug-likeness (QED) is 0.564. The van der Waals surface area contributed by atoms with E-state index in [0.717, 1.165) is 18.8 Å². The summed E-state index contributed by atoms with van der Waals surface area (Å²) in [4.78, 5) is 10.3. The van der Waals surface area contributed by atoms with Crippen LogP contribution in [0.1, 0.15) is 57.8 Å². The van der Waals surface area contributed by atoms with Gasteiger partial charge in [0.2, 0.25) is 0 Å². The third-order valence-electron chi connectivity index (χ3n) is 3.37. The van der Waals surface area contributed by atoms with Crippen LogP contribution in [0.25, 0.3) is 0 Å². The molecule has 0 bridgehead atoms. The average molecular weight is 227 g/mol. The molecule has 0 aromatic heterocycles. The smallest absolute Gasteiger partial charge is 0.303 e. The van der Waals surface area contributed by atoms with Crippen molar-refractivity contribution in [3.63, 3.8) is 0 Å². The zero-order chi connectivity index (χ0) is 11.6. The SMILES string of the molecule is O=C(O)CCCCCCCCCC1CNC1. The molecule has 0 saturated carbocycles. The topological polar surface area (TPSA) is 49.3 Å². The Labute approximate surface area is 98.6 Å². The molecule has 94 valence electrons. The fourth-order valence-electron chi connectivity index (χ4n) is 2.15. The molecule has 0 aromatic carbocycles. The van der Waals surface area contributed by atoms with Crippen LogP contribution in [0, 0.1) is 5.92 Å². The van der Waals surface area contributed by atoms with Crippen molar-refractivity contribution in [1.82, 2.24) is 5.32 Å². The number of unbranched alkanes of at least 4 members (excludes halogenated alkanes) is 6. The highest BCUT2D eigenvalue weighted by Crippen LogP contribution is 2.15. The van der Waals surface area contributed by atoms with Gasteiger partial charge in [0.1, 0.15) is 0 Å². The molecule has 3 nitrogen and oxygen atoms in total. The Morgan fingerprint density at radius 1 is 1.00 bits per heavy atom. The van der Waals surface area contributed by atoms with Crippen molar-refractivity contribution in [2.24, 2.45) is 5.92 Å². The van der Waals surface area contributed by atoms with Crippen LogP contribution in [0.4, 0.5) is 0 Å². The zero-order valence-electron chi connectivity index (χ0n) is 10.2. The van der Waals surface area contributed by atoms with E-state index in [1.807, 2.05) is 0 Å². The molecule has 0 atom stereocenters. The summed E-state index contributed by atoms with van der Waals surface area (Å²) in [5.41, 5.74) is 0. The van der Waals surface area contributed by atoms with Gasteiger partial charge in [0.05, 0.1) is 0 Å². The molecule has 1 aliphatic heterocycles. The molecular formula is C13H25NO2. The summed E-state index contributed by atoms with van der Waals surface area (Å²) in [6, 6.07) is 0. The Kier molecular flexibility index (Phi) is 7.23. The molecule has 1 fully saturated rings. The lowest BCUT2D eigenvalue weighted by molar-refractivity contribution is -0.137. The molecule has 0 aromatic rings. The van der Waals surface area contributed by atoms with Gasteiger partial charge in [-0.1, -0.05) is 38.5 Å². The van der Waals surface area contributed by atoms with E-state index >= 15 is 0 Å². The van der Waals surface area contributed by atoms with Gasteiger partial charge < -0.3 is 10.4 Å². The number of hydrogen-bond acceptors (Lipinski definition) is 2. The molecule has 1 saturated heterocycles. The van der Waals surface area contributed by atoms with Gasteiger partial charge in [-0.25, -0.2) is 0 Å². The van der Waals surface area contributed by atoms with Crippen molar-refractivity contribution in [2.45, 2.75) is 57.8 Å². The van der Waals surface area contributed by atoms with E-state index in [1.54, 1.807) is 0 Å². The highest BCUT2D eigenvalue weighted by Gasteiger charge is 2.14. The summed E-state index contributed by atoms with van der Waals surface area (Å²) in [6.45, 7) is 2.46. The third-order valence-corrected chi connectivity index (χ3v) is 3.37. The fraction of sp³-hybridized carbons (Fsp3) is 0.923. The first-order chi connectivity index (χ1) is 7.79. The highest BCUT2D eigenvalue weighted by atomic mass is 16.4. The minimum Gasteiger partial charge on any atom is -0.481 e. The summed E-state index contributed by atoms with van der Waals surface area (Å²) in [6.07, 6.45) is 10.2. The fourth-order valence-corrected chi connectivity index (χ4v) is 2.15. The molecule has 3 heteroatoms. The predicted molar refractivity (Wildman–Crippen MR) is 65.5 cm³/mol. The molecule has 0 radical (unpaired) electrons. The van der Waals surface area contributed by atoms with Crippen LogP contribution in [-0.2, 0) is 4.79 Å². The number of carbonyl (C=O) groups is 1. The number of nitrogens with one attached hydrogen (secondary N) is 1. The molecule has 1 heterocycles. The Balaban J connectivity index is 1.69. The first-order valence-corrected chi connectivity index (χ1v) is 6.71. The summed E-state index contributed by atoms with van der Waals surface area (Å²) < 4.78 is 0. The van der Waals surface area contributed by atoms with Crippen LogP contribution in [0.2, 0.25) is 0 Å². The third kappa shape index (κ3) is 6.83. The Morgan fingerprint density at radius 2 is 1.56 bits per heavy atom. The summed E-state index contributed by atoms with van der Waals surface area (Å²) in [5.74, 6) is 0.296. The molecule has 0 aliphatic carbocycles. The molecule has 0 amide bonds. The minimum atomic E-state index is -0.658. The molecule has 0 spiro atoms. The normalized spacial score (nSPS) is 16.0. The van der Waals surface area contributed by atoms with Gasteiger partial charge in [0, 0.05) is 6.42 Å². The minimum absolute atomic E-state index is 0.342. The monoisotopic (exact) mass is 227 g/mol. The average Bonchev–Trinajstić information content (AvgIpc) is 2.17. The Morgan fingerprint density at radius 3 is 2.06 bits per heavy atom. The molecule has 0 unspecified atom stereocenters. The number of carboxylic acids is 1. The lowest BCUT2D eigenvalue weighted by atomic mass is 9.95. The van der Waals surface area contributed by atoms with Gasteiger partial charge in [0.15, 0.2) is 0 Å². The van der Waals surface area contributed by atoms with Gasteiger partial charge >= 0.3 is 5.97 Å². The predicted octanol–water partition coefficient (Wildman–Crippen LogP) is 2.80. The molecular weight excluding hydrogens is 202 g/mol. The molecule has 2 N–H and O–H groups in total. The van der Waals surface area contributed by atoms with Crippen LogP contribution >= 0.6 is 0 Å². The van der Waals surface area contributed by atoms with Crippen LogP contribution in [0.5, 0.6) is 0 Å². The maximum absolute atomic E-state index is 10.3. The maximum Gasteiger partial charge on any atom is 0.303 e. The lowest BCUT2D eigenvalue weighted by Crippen LogP contribution is -2.41. The summed E-state index contributed by atoms with van der Waals surface area (Å²) >= 11 is 0. The van der Waals surface area contributed by atoms with Gasteiger partial charge in [-0.2, -0.15) is 0 Å². The number of carboxylic acid groups (broad SMARTS) is 1. The van der Waals surface area contributed by atoms with Crippen molar-refractivity contribution in [3.8, 4) is 0 Å². The van der Waals surface area contributed by atoms with Gasteiger partial charge in [0.25, 0.3) is 0 Å². The first kappa shape index (κ1) is 13.5. The first-order valence-electron chi connectivity index (χ1n) is 6.71. The van der Waals surface area contributed by atoms with Crippen LogP contribution in [-0.4, -0.2) is 24.2 Å². The van der Waals surface area contributed by atoms with Crippen molar-refractivity contribution in [3.05, 3.63) is 0 Å². The highest BCUT2D eigenvalue weighted by molar-refractivity contribution is 5.66. The maximum atomic E-state index is 10.3. The van der Waals surface area contributed by atoms with E-state index < -0.39 is 5.97 Å². The van der Waals surface area contributed by atoms with E-state index in [0.29, 0.717) is 6.42 Å². The van der Waals surface area contributed by atoms with Crippen molar-refractivity contribution in [2.75, 3.05) is 13.1 Å². The van der Waals surface area contributed by atoms with Crippen LogP contribution in [0.15, 0.2) is 0 Å². The number of hydrogen-bond donors (Lipinski definition) is 2. The van der Waals surface area contributed by atoms with E-state index in [-0.39, 0.29) is 0 Å². The Hall–Kier alpha value is -0.570. The van der Waals surface area contributed by atoms with E-state index in [4.69, 9.17) is 5.11 Å². The van der Waals surface area contributed by atoms with E-state index in [1.165, 1.54) is 51.6 Å². The van der Waals surface area contributed by atoms with Gasteiger partial charge in [-0.15, -0.1) is 0 Å². The second kappa shape index (κ2) is 8.57. The summed E-state index contributed by atoms with van der Waals surface area (Å²) in [5, 5.41) is 11.8. The van der Waals surface area contributed by atoms with Crippen molar-refractivity contribution < 1.29 is 9.90 Å². The van der Waals surface area contributed by atoms with Gasteiger partial charge in [-0.3, -0.25) is 4.79 Å². The second-order valence-electron chi connectivity index (χ2n) is 4.93. The molecule has 1 rings (SSSR count). The Bertz CT molecular complexity index is 190.